The van der Waals surface area contributed by atoms with Crippen molar-refractivity contribution in [3.05, 3.63) is 60.2 Å². The summed E-state index contributed by atoms with van der Waals surface area (Å²) in [6, 6.07) is 18.5. The average molecular weight is 382 g/mol. The predicted octanol–water partition coefficient (Wildman–Crippen LogP) is 2.96. The van der Waals surface area contributed by atoms with Crippen LogP contribution in [0.5, 0.6) is 5.75 Å². The fourth-order valence-electron chi connectivity index (χ4n) is 3.64. The molecule has 28 heavy (non-hydrogen) atoms. The van der Waals surface area contributed by atoms with Crippen molar-refractivity contribution in [1.29, 1.82) is 0 Å². The van der Waals surface area contributed by atoms with Gasteiger partial charge in [0.2, 0.25) is 5.91 Å². The first kappa shape index (κ1) is 20.2. The van der Waals surface area contributed by atoms with E-state index in [2.05, 4.69) is 39.4 Å². The van der Waals surface area contributed by atoms with Crippen molar-refractivity contribution in [2.75, 3.05) is 51.3 Å². The molecule has 5 nitrogen and oxygen atoms in total. The number of rotatable bonds is 9. The molecule has 1 saturated heterocycles. The first-order valence-electron chi connectivity index (χ1n) is 10.2. The van der Waals surface area contributed by atoms with Crippen LogP contribution in [-0.2, 0) is 11.2 Å². The van der Waals surface area contributed by atoms with E-state index in [1.807, 2.05) is 30.3 Å². The standard InChI is InChI=1S/C23H31N3O2/c1-28-22-12-6-5-11-21(22)26-18-16-25(17-19-26)15-14-24-23(27)13-7-10-20-8-3-2-4-9-20/h2-6,8-9,11-12H,7,10,13-19H2,1H3,(H,24,27). The summed E-state index contributed by atoms with van der Waals surface area (Å²) >= 11 is 0. The lowest BCUT2D eigenvalue weighted by Crippen LogP contribution is -2.48. The van der Waals surface area contributed by atoms with Crippen molar-refractivity contribution in [3.8, 4) is 5.75 Å². The molecule has 1 aliphatic heterocycles. The van der Waals surface area contributed by atoms with Crippen LogP contribution in [0.3, 0.4) is 0 Å². The third-order valence-electron chi connectivity index (χ3n) is 5.26. The molecule has 1 N–H and O–H groups in total. The molecule has 1 fully saturated rings. The van der Waals surface area contributed by atoms with E-state index in [0.717, 1.165) is 63.5 Å². The van der Waals surface area contributed by atoms with Gasteiger partial charge >= 0.3 is 0 Å². The monoisotopic (exact) mass is 381 g/mol. The van der Waals surface area contributed by atoms with Gasteiger partial charge in [0.1, 0.15) is 5.75 Å². The molecule has 0 bridgehead atoms. The van der Waals surface area contributed by atoms with Gasteiger partial charge in [-0.2, -0.15) is 0 Å². The van der Waals surface area contributed by atoms with Crippen LogP contribution in [-0.4, -0.2) is 57.2 Å². The smallest absolute Gasteiger partial charge is 0.220 e. The van der Waals surface area contributed by atoms with E-state index in [0.29, 0.717) is 6.42 Å². The molecular weight excluding hydrogens is 350 g/mol. The molecule has 150 valence electrons. The number of ether oxygens (including phenoxy) is 1. The zero-order valence-corrected chi connectivity index (χ0v) is 16.8. The lowest BCUT2D eigenvalue weighted by molar-refractivity contribution is -0.121. The molecule has 0 atom stereocenters. The van der Waals surface area contributed by atoms with Gasteiger partial charge in [0, 0.05) is 45.7 Å². The van der Waals surface area contributed by atoms with E-state index < -0.39 is 0 Å². The Balaban J connectivity index is 1.30. The second kappa shape index (κ2) is 10.7. The van der Waals surface area contributed by atoms with E-state index >= 15 is 0 Å². The van der Waals surface area contributed by atoms with E-state index in [1.54, 1.807) is 7.11 Å². The Morgan fingerprint density at radius 2 is 1.71 bits per heavy atom. The molecule has 2 aromatic carbocycles. The van der Waals surface area contributed by atoms with Gasteiger partial charge < -0.3 is 15.0 Å². The summed E-state index contributed by atoms with van der Waals surface area (Å²) in [6.07, 6.45) is 2.45. The Morgan fingerprint density at radius 1 is 1.00 bits per heavy atom. The highest BCUT2D eigenvalue weighted by atomic mass is 16.5. The van der Waals surface area contributed by atoms with Crippen LogP contribution in [0.25, 0.3) is 0 Å². The third kappa shape index (κ3) is 5.99. The molecule has 0 aliphatic carbocycles. The number of methoxy groups -OCH3 is 1. The first-order valence-corrected chi connectivity index (χ1v) is 10.2. The Hall–Kier alpha value is -2.53. The van der Waals surface area contributed by atoms with Gasteiger partial charge in [-0.25, -0.2) is 0 Å². The van der Waals surface area contributed by atoms with Crippen LogP contribution in [0.4, 0.5) is 5.69 Å². The number of benzene rings is 2. The zero-order valence-electron chi connectivity index (χ0n) is 16.8. The summed E-state index contributed by atoms with van der Waals surface area (Å²) in [6.45, 7) is 5.59. The number of para-hydroxylation sites is 2. The van der Waals surface area contributed by atoms with Gasteiger partial charge in [-0.05, 0) is 30.5 Å². The molecule has 0 saturated carbocycles. The van der Waals surface area contributed by atoms with Crippen LogP contribution in [0.2, 0.25) is 0 Å². The predicted molar refractivity (Wildman–Crippen MR) is 114 cm³/mol. The number of hydrogen-bond donors (Lipinski definition) is 1. The molecule has 1 aliphatic rings. The van der Waals surface area contributed by atoms with Gasteiger partial charge in [0.05, 0.1) is 12.8 Å². The third-order valence-corrected chi connectivity index (χ3v) is 5.26. The minimum Gasteiger partial charge on any atom is -0.495 e. The highest BCUT2D eigenvalue weighted by Gasteiger charge is 2.19. The molecule has 3 rings (SSSR count). The van der Waals surface area contributed by atoms with Crippen LogP contribution in [0.1, 0.15) is 18.4 Å². The summed E-state index contributed by atoms with van der Waals surface area (Å²) in [5.74, 6) is 1.09. The zero-order chi connectivity index (χ0) is 19.6. The Morgan fingerprint density at radius 3 is 2.46 bits per heavy atom. The van der Waals surface area contributed by atoms with Crippen LogP contribution in [0, 0.1) is 0 Å². The van der Waals surface area contributed by atoms with Crippen LogP contribution >= 0.6 is 0 Å². The summed E-state index contributed by atoms with van der Waals surface area (Å²) in [7, 11) is 1.72. The number of carbonyl (C=O) groups is 1. The fraction of sp³-hybridized carbons (Fsp3) is 0.435. The van der Waals surface area contributed by atoms with Gasteiger partial charge in [-0.1, -0.05) is 42.5 Å². The summed E-state index contributed by atoms with van der Waals surface area (Å²) in [5, 5.41) is 3.06. The van der Waals surface area contributed by atoms with Crippen LogP contribution in [0.15, 0.2) is 54.6 Å². The fourth-order valence-corrected chi connectivity index (χ4v) is 3.64. The van der Waals surface area contributed by atoms with Crippen LogP contribution < -0.4 is 15.0 Å². The quantitative estimate of drug-likeness (QED) is 0.725. The number of anilines is 1. The lowest BCUT2D eigenvalue weighted by Gasteiger charge is -2.36. The number of nitrogens with one attached hydrogen (secondary N) is 1. The van der Waals surface area contributed by atoms with E-state index in [1.165, 1.54) is 5.56 Å². The number of piperazine rings is 1. The molecule has 1 amide bonds. The maximum absolute atomic E-state index is 12.0. The molecular formula is C23H31N3O2. The second-order valence-corrected chi connectivity index (χ2v) is 7.19. The number of amides is 1. The van der Waals surface area contributed by atoms with E-state index in [-0.39, 0.29) is 5.91 Å². The summed E-state index contributed by atoms with van der Waals surface area (Å²) in [5.41, 5.74) is 2.46. The number of carbonyl (C=O) groups excluding carboxylic acids is 1. The summed E-state index contributed by atoms with van der Waals surface area (Å²) < 4.78 is 5.47. The van der Waals surface area contributed by atoms with Crippen molar-refractivity contribution in [3.63, 3.8) is 0 Å². The topological polar surface area (TPSA) is 44.8 Å². The normalized spacial score (nSPS) is 14.7. The number of aryl methyl sites for hydroxylation is 1. The molecule has 5 heteroatoms. The van der Waals surface area contributed by atoms with E-state index in [4.69, 9.17) is 4.74 Å². The number of hydrogen-bond acceptors (Lipinski definition) is 4. The van der Waals surface area contributed by atoms with Crippen molar-refractivity contribution < 1.29 is 9.53 Å². The maximum atomic E-state index is 12.0. The second-order valence-electron chi connectivity index (χ2n) is 7.19. The first-order chi connectivity index (χ1) is 13.8. The van der Waals surface area contributed by atoms with Crippen molar-refractivity contribution in [2.24, 2.45) is 0 Å². The minimum absolute atomic E-state index is 0.156. The number of nitrogens with zero attached hydrogens (tertiary/aromatic N) is 2. The SMILES string of the molecule is COc1ccccc1N1CCN(CCNC(=O)CCCc2ccccc2)CC1. The van der Waals surface area contributed by atoms with Gasteiger partial charge in [-0.15, -0.1) is 0 Å². The molecule has 2 aromatic rings. The lowest BCUT2D eigenvalue weighted by atomic mass is 10.1. The Bertz CT molecular complexity index is 728. The summed E-state index contributed by atoms with van der Waals surface area (Å²) in [4.78, 5) is 16.8. The van der Waals surface area contributed by atoms with Crippen molar-refractivity contribution in [2.45, 2.75) is 19.3 Å². The van der Waals surface area contributed by atoms with Crippen molar-refractivity contribution >= 4 is 11.6 Å². The average Bonchev–Trinajstić information content (AvgIpc) is 2.75. The van der Waals surface area contributed by atoms with Gasteiger partial charge in [0.15, 0.2) is 0 Å². The Kier molecular flexibility index (Phi) is 7.73. The van der Waals surface area contributed by atoms with Gasteiger partial charge in [0.25, 0.3) is 0 Å². The molecule has 0 radical (unpaired) electrons. The largest absolute Gasteiger partial charge is 0.495 e. The molecule has 0 spiro atoms. The van der Waals surface area contributed by atoms with E-state index in [9.17, 15) is 4.79 Å². The highest BCUT2D eigenvalue weighted by molar-refractivity contribution is 5.75. The minimum atomic E-state index is 0.156. The van der Waals surface area contributed by atoms with Crippen molar-refractivity contribution in [1.82, 2.24) is 10.2 Å². The molecule has 0 aromatic heterocycles. The molecule has 1 heterocycles. The maximum Gasteiger partial charge on any atom is 0.220 e. The highest BCUT2D eigenvalue weighted by Crippen LogP contribution is 2.28. The molecule has 0 unspecified atom stereocenters. The van der Waals surface area contributed by atoms with Gasteiger partial charge in [-0.3, -0.25) is 9.69 Å². The Labute approximate surface area is 168 Å².